The quantitative estimate of drug-likeness (QED) is 0.580. The van der Waals surface area contributed by atoms with Gasteiger partial charge in [-0.25, -0.2) is 4.79 Å². The van der Waals surface area contributed by atoms with Crippen molar-refractivity contribution in [3.63, 3.8) is 0 Å². The Labute approximate surface area is 201 Å². The van der Waals surface area contributed by atoms with Crippen LogP contribution in [0.2, 0.25) is 5.02 Å². The normalized spacial score (nSPS) is 22.6. The highest BCUT2D eigenvalue weighted by Crippen LogP contribution is 2.38. The van der Waals surface area contributed by atoms with Gasteiger partial charge >= 0.3 is 6.09 Å². The lowest BCUT2D eigenvalue weighted by Crippen LogP contribution is -2.59. The highest BCUT2D eigenvalue weighted by atomic mass is 35.5. The average Bonchev–Trinajstić information content (AvgIpc) is 2.76. The summed E-state index contributed by atoms with van der Waals surface area (Å²) in [6.07, 6.45) is 4.81. The molecule has 0 saturated carbocycles. The van der Waals surface area contributed by atoms with Gasteiger partial charge in [0, 0.05) is 35.8 Å². The molecule has 0 spiro atoms. The van der Waals surface area contributed by atoms with Crippen molar-refractivity contribution in [2.75, 3.05) is 19.1 Å². The second-order valence-electron chi connectivity index (χ2n) is 9.98. The van der Waals surface area contributed by atoms with E-state index in [0.29, 0.717) is 16.8 Å². The maximum absolute atomic E-state index is 12.9. The lowest BCUT2D eigenvalue weighted by Gasteiger charge is -2.50. The van der Waals surface area contributed by atoms with E-state index in [1.807, 2.05) is 49.9 Å². The number of piperidine rings is 2. The van der Waals surface area contributed by atoms with E-state index in [-0.39, 0.29) is 18.2 Å². The van der Waals surface area contributed by atoms with Gasteiger partial charge in [0.15, 0.2) is 5.82 Å². The van der Waals surface area contributed by atoms with E-state index in [4.69, 9.17) is 21.1 Å². The number of aromatic nitrogens is 2. The Bertz CT molecular complexity index is 978. The first kappa shape index (κ1) is 23.6. The standard InChI is InChI=1S/C25H33ClN4O3/c1-25(2,3)33-24(31)30-17-7-6-8-18(30)15-19(14-17)29(4)23-12-11-21(27-28-23)20-10-9-16(26)13-22(20)32-5/h9-13,17-19H,6-8,14-15H2,1-5H3. The number of hydrogen-bond acceptors (Lipinski definition) is 6. The zero-order valence-corrected chi connectivity index (χ0v) is 20.8. The lowest BCUT2D eigenvalue weighted by molar-refractivity contribution is -0.0213. The number of hydrogen-bond donors (Lipinski definition) is 0. The summed E-state index contributed by atoms with van der Waals surface area (Å²) in [7, 11) is 3.68. The Balaban J connectivity index is 1.48. The van der Waals surface area contributed by atoms with Crippen LogP contribution in [0.5, 0.6) is 5.75 Å². The number of amides is 1. The van der Waals surface area contributed by atoms with Gasteiger partial charge in [0.1, 0.15) is 11.4 Å². The van der Waals surface area contributed by atoms with Gasteiger partial charge in [-0.2, -0.15) is 0 Å². The SMILES string of the molecule is COc1cc(Cl)ccc1-c1ccc(N(C)C2CC3CCCC(C2)N3C(=O)OC(C)(C)C)nn1. The summed E-state index contributed by atoms with van der Waals surface area (Å²) in [5, 5.41) is 9.58. The summed E-state index contributed by atoms with van der Waals surface area (Å²) in [6, 6.07) is 10.1. The molecule has 0 aliphatic carbocycles. The summed E-state index contributed by atoms with van der Waals surface area (Å²) in [5.41, 5.74) is 1.10. The van der Waals surface area contributed by atoms with E-state index in [0.717, 1.165) is 49.2 Å². The summed E-state index contributed by atoms with van der Waals surface area (Å²) in [6.45, 7) is 5.76. The molecule has 2 unspecified atom stereocenters. The Morgan fingerprint density at radius 3 is 2.39 bits per heavy atom. The minimum absolute atomic E-state index is 0.181. The number of rotatable bonds is 4. The Kier molecular flexibility index (Phi) is 6.71. The van der Waals surface area contributed by atoms with Gasteiger partial charge in [-0.15, -0.1) is 10.2 Å². The third-order valence-electron chi connectivity index (χ3n) is 6.55. The third-order valence-corrected chi connectivity index (χ3v) is 6.79. The molecule has 2 saturated heterocycles. The molecule has 2 aliphatic heterocycles. The second kappa shape index (κ2) is 9.37. The van der Waals surface area contributed by atoms with Crippen molar-refractivity contribution in [3.05, 3.63) is 35.4 Å². The van der Waals surface area contributed by atoms with E-state index < -0.39 is 5.60 Å². The van der Waals surface area contributed by atoms with Gasteiger partial charge in [-0.1, -0.05) is 11.6 Å². The fourth-order valence-corrected chi connectivity index (χ4v) is 5.16. The zero-order valence-electron chi connectivity index (χ0n) is 20.0. The number of fused-ring (bicyclic) bond motifs is 2. The number of halogens is 1. The number of carbonyl (C=O) groups excluding carboxylic acids is 1. The number of benzene rings is 1. The molecule has 1 aromatic heterocycles. The highest BCUT2D eigenvalue weighted by molar-refractivity contribution is 6.30. The molecule has 3 heterocycles. The Morgan fingerprint density at radius 2 is 1.82 bits per heavy atom. The van der Waals surface area contributed by atoms with Gasteiger partial charge in [-0.3, -0.25) is 0 Å². The maximum Gasteiger partial charge on any atom is 0.410 e. The van der Waals surface area contributed by atoms with Gasteiger partial charge in [-0.05, 0) is 83.2 Å². The van der Waals surface area contributed by atoms with Crippen molar-refractivity contribution in [2.45, 2.75) is 76.6 Å². The van der Waals surface area contributed by atoms with Crippen LogP contribution in [0.25, 0.3) is 11.3 Å². The summed E-state index contributed by atoms with van der Waals surface area (Å²) in [4.78, 5) is 17.1. The van der Waals surface area contributed by atoms with Crippen molar-refractivity contribution in [1.29, 1.82) is 0 Å². The van der Waals surface area contributed by atoms with Crippen LogP contribution in [0.1, 0.15) is 52.9 Å². The number of methoxy groups -OCH3 is 1. The van der Waals surface area contributed by atoms with E-state index in [1.54, 1.807) is 13.2 Å². The van der Waals surface area contributed by atoms with Gasteiger partial charge in [0.05, 0.1) is 12.8 Å². The molecule has 2 aliphatic rings. The van der Waals surface area contributed by atoms with Gasteiger partial charge in [0.25, 0.3) is 0 Å². The number of ether oxygens (including phenoxy) is 2. The summed E-state index contributed by atoms with van der Waals surface area (Å²) >= 11 is 6.08. The number of nitrogens with zero attached hydrogens (tertiary/aromatic N) is 4. The van der Waals surface area contributed by atoms with E-state index in [2.05, 4.69) is 22.1 Å². The minimum atomic E-state index is -0.483. The van der Waals surface area contributed by atoms with Crippen molar-refractivity contribution >= 4 is 23.5 Å². The van der Waals surface area contributed by atoms with Crippen LogP contribution >= 0.6 is 11.6 Å². The molecule has 2 aromatic rings. The first-order valence-corrected chi connectivity index (χ1v) is 12.0. The molecule has 33 heavy (non-hydrogen) atoms. The van der Waals surface area contributed by atoms with E-state index in [1.165, 1.54) is 0 Å². The van der Waals surface area contributed by atoms with Gasteiger partial charge < -0.3 is 19.3 Å². The molecule has 2 fully saturated rings. The van der Waals surface area contributed by atoms with Crippen LogP contribution in [-0.2, 0) is 4.74 Å². The average molecular weight is 473 g/mol. The molecular formula is C25H33ClN4O3. The molecule has 1 aromatic carbocycles. The smallest absolute Gasteiger partial charge is 0.410 e. The molecular weight excluding hydrogens is 440 g/mol. The van der Waals surface area contributed by atoms with Crippen LogP contribution in [0, 0.1) is 0 Å². The summed E-state index contributed by atoms with van der Waals surface area (Å²) in [5.74, 6) is 1.49. The summed E-state index contributed by atoms with van der Waals surface area (Å²) < 4.78 is 11.2. The third kappa shape index (κ3) is 5.18. The van der Waals surface area contributed by atoms with Crippen LogP contribution in [0.15, 0.2) is 30.3 Å². The highest BCUT2D eigenvalue weighted by Gasteiger charge is 2.43. The molecule has 0 radical (unpaired) electrons. The van der Waals surface area contributed by atoms with Crippen molar-refractivity contribution < 1.29 is 14.3 Å². The predicted molar refractivity (Wildman–Crippen MR) is 130 cm³/mol. The molecule has 8 heteroatoms. The Morgan fingerprint density at radius 1 is 1.12 bits per heavy atom. The molecule has 2 atom stereocenters. The lowest BCUT2D eigenvalue weighted by atomic mass is 9.81. The Hall–Kier alpha value is -2.54. The molecule has 7 nitrogen and oxygen atoms in total. The molecule has 2 bridgehead atoms. The van der Waals surface area contributed by atoms with Crippen LogP contribution in [0.4, 0.5) is 10.6 Å². The first-order valence-electron chi connectivity index (χ1n) is 11.6. The molecule has 4 rings (SSSR count). The maximum atomic E-state index is 12.9. The van der Waals surface area contributed by atoms with E-state index in [9.17, 15) is 4.79 Å². The molecule has 0 N–H and O–H groups in total. The van der Waals surface area contributed by atoms with Crippen molar-refractivity contribution in [3.8, 4) is 17.0 Å². The van der Waals surface area contributed by atoms with Crippen molar-refractivity contribution in [2.24, 2.45) is 0 Å². The molecule has 178 valence electrons. The fraction of sp³-hybridized carbons (Fsp3) is 0.560. The molecule has 1 amide bonds. The first-order chi connectivity index (χ1) is 15.7. The second-order valence-corrected chi connectivity index (χ2v) is 10.4. The van der Waals surface area contributed by atoms with Gasteiger partial charge in [0.2, 0.25) is 0 Å². The minimum Gasteiger partial charge on any atom is -0.496 e. The fourth-order valence-electron chi connectivity index (χ4n) is 5.00. The topological polar surface area (TPSA) is 67.8 Å². The zero-order chi connectivity index (χ0) is 23.8. The van der Waals surface area contributed by atoms with Crippen LogP contribution < -0.4 is 9.64 Å². The predicted octanol–water partition coefficient (Wildman–Crippen LogP) is 5.56. The van der Waals surface area contributed by atoms with Crippen molar-refractivity contribution in [1.82, 2.24) is 15.1 Å². The van der Waals surface area contributed by atoms with E-state index >= 15 is 0 Å². The largest absolute Gasteiger partial charge is 0.496 e. The van der Waals surface area contributed by atoms with Crippen LogP contribution in [-0.4, -0.2) is 59.1 Å². The van der Waals surface area contributed by atoms with Crippen LogP contribution in [0.3, 0.4) is 0 Å². The monoisotopic (exact) mass is 472 g/mol. The number of anilines is 1. The number of carbonyl (C=O) groups is 1.